The van der Waals surface area contributed by atoms with E-state index in [1.807, 2.05) is 36.5 Å². The van der Waals surface area contributed by atoms with Crippen LogP contribution in [0.1, 0.15) is 39.7 Å². The molecule has 3 aromatic heterocycles. The Morgan fingerprint density at radius 2 is 2.07 bits per heavy atom. The first-order valence-electron chi connectivity index (χ1n) is 8.68. The number of aromatic nitrogens is 5. The van der Waals surface area contributed by atoms with E-state index in [0.29, 0.717) is 18.9 Å². The molecule has 1 N–H and O–H groups in total. The maximum absolute atomic E-state index is 13.1. The number of aromatic amines is 1. The largest absolute Gasteiger partial charge is 0.417 e. The zero-order valence-corrected chi connectivity index (χ0v) is 14.6. The number of carbonyl (C=O) groups is 1. The molecule has 1 aromatic carbocycles. The summed E-state index contributed by atoms with van der Waals surface area (Å²) in [6, 6.07) is 9.59. The molecule has 8 nitrogen and oxygen atoms in total. The Balaban J connectivity index is 1.63. The third-order valence-corrected chi connectivity index (χ3v) is 4.83. The summed E-state index contributed by atoms with van der Waals surface area (Å²) >= 11 is 0. The lowest BCUT2D eigenvalue weighted by atomic mass is 9.98. The lowest BCUT2D eigenvalue weighted by molar-refractivity contribution is 0.0645. The standard InChI is InChI=1S/C19H16N6O2/c1-11-23-24-18(27-11)19(26)25-7-6-14-16(22-10-21-14)17(25)15-8-12-4-2-3-5-13(12)9-20-15/h2-5,8-10,17H,6-7H2,1H3,(H,21,22)/t17-/m0/s1. The number of hydrogen-bond acceptors (Lipinski definition) is 6. The van der Waals surface area contributed by atoms with Crippen molar-refractivity contribution in [2.75, 3.05) is 6.54 Å². The summed E-state index contributed by atoms with van der Waals surface area (Å²) in [7, 11) is 0. The molecule has 8 heteroatoms. The Labute approximate surface area is 154 Å². The molecule has 1 amide bonds. The van der Waals surface area contributed by atoms with Gasteiger partial charge in [-0.05, 0) is 11.5 Å². The number of H-pyrrole nitrogens is 1. The molecule has 0 aliphatic carbocycles. The molecule has 4 aromatic rings. The number of amides is 1. The van der Waals surface area contributed by atoms with E-state index in [1.165, 1.54) is 0 Å². The Morgan fingerprint density at radius 1 is 1.22 bits per heavy atom. The highest BCUT2D eigenvalue weighted by Crippen LogP contribution is 2.34. The minimum atomic E-state index is -0.413. The molecule has 27 heavy (non-hydrogen) atoms. The normalized spacial score (nSPS) is 16.5. The Hall–Kier alpha value is -3.55. The molecule has 1 atom stereocenters. The predicted molar refractivity (Wildman–Crippen MR) is 95.9 cm³/mol. The van der Waals surface area contributed by atoms with Crippen LogP contribution in [-0.2, 0) is 6.42 Å². The average molecular weight is 360 g/mol. The smallest absolute Gasteiger partial charge is 0.312 e. The van der Waals surface area contributed by atoms with Gasteiger partial charge < -0.3 is 14.3 Å². The maximum Gasteiger partial charge on any atom is 0.312 e. The van der Waals surface area contributed by atoms with Crippen molar-refractivity contribution in [1.29, 1.82) is 0 Å². The summed E-state index contributed by atoms with van der Waals surface area (Å²) in [6.45, 7) is 2.17. The van der Waals surface area contributed by atoms with E-state index in [0.717, 1.165) is 27.9 Å². The molecular weight excluding hydrogens is 344 g/mol. The molecule has 0 spiro atoms. The van der Waals surface area contributed by atoms with E-state index in [1.54, 1.807) is 18.2 Å². The van der Waals surface area contributed by atoms with Crippen LogP contribution >= 0.6 is 0 Å². The van der Waals surface area contributed by atoms with Gasteiger partial charge in [0.05, 0.1) is 17.7 Å². The SMILES string of the molecule is Cc1nnc(C(=O)N2CCc3[nH]cnc3[C@@H]2c2cc3ccccc3cn2)o1. The first-order valence-corrected chi connectivity index (χ1v) is 8.68. The molecule has 0 saturated heterocycles. The van der Waals surface area contributed by atoms with Crippen LogP contribution in [0.25, 0.3) is 10.8 Å². The van der Waals surface area contributed by atoms with Gasteiger partial charge in [0, 0.05) is 37.2 Å². The number of rotatable bonds is 2. The third kappa shape index (κ3) is 2.57. The number of nitrogens with one attached hydrogen (secondary N) is 1. The van der Waals surface area contributed by atoms with E-state index >= 15 is 0 Å². The second-order valence-electron chi connectivity index (χ2n) is 6.50. The van der Waals surface area contributed by atoms with E-state index in [2.05, 4.69) is 25.1 Å². The van der Waals surface area contributed by atoms with Crippen LogP contribution in [0.2, 0.25) is 0 Å². The van der Waals surface area contributed by atoms with Crippen molar-refractivity contribution in [2.45, 2.75) is 19.4 Å². The monoisotopic (exact) mass is 360 g/mol. The highest BCUT2D eigenvalue weighted by molar-refractivity contribution is 5.90. The molecule has 134 valence electrons. The van der Waals surface area contributed by atoms with Crippen LogP contribution in [0, 0.1) is 6.92 Å². The predicted octanol–water partition coefficient (Wildman–Crippen LogP) is 2.44. The van der Waals surface area contributed by atoms with Crippen LogP contribution in [0.3, 0.4) is 0 Å². The lowest BCUT2D eigenvalue weighted by Crippen LogP contribution is -2.41. The van der Waals surface area contributed by atoms with Gasteiger partial charge >= 0.3 is 11.8 Å². The average Bonchev–Trinajstić information content (AvgIpc) is 3.35. The minimum absolute atomic E-state index is 0.0164. The molecule has 0 radical (unpaired) electrons. The van der Waals surface area contributed by atoms with Gasteiger partial charge in [0.1, 0.15) is 6.04 Å². The lowest BCUT2D eigenvalue weighted by Gasteiger charge is -2.33. The third-order valence-electron chi connectivity index (χ3n) is 4.83. The number of carbonyl (C=O) groups excluding carboxylic acids is 1. The molecule has 0 unspecified atom stereocenters. The molecule has 5 rings (SSSR count). The minimum Gasteiger partial charge on any atom is -0.417 e. The van der Waals surface area contributed by atoms with Gasteiger partial charge in [0.2, 0.25) is 5.89 Å². The van der Waals surface area contributed by atoms with Gasteiger partial charge in [-0.3, -0.25) is 9.78 Å². The summed E-state index contributed by atoms with van der Waals surface area (Å²) < 4.78 is 5.36. The Morgan fingerprint density at radius 3 is 2.89 bits per heavy atom. The van der Waals surface area contributed by atoms with Crippen LogP contribution in [-0.4, -0.2) is 42.5 Å². The quantitative estimate of drug-likeness (QED) is 0.589. The topological polar surface area (TPSA) is 101 Å². The molecule has 0 fully saturated rings. The van der Waals surface area contributed by atoms with Gasteiger partial charge in [0.15, 0.2) is 0 Å². The zero-order chi connectivity index (χ0) is 18.4. The number of imidazole rings is 1. The highest BCUT2D eigenvalue weighted by atomic mass is 16.4. The zero-order valence-electron chi connectivity index (χ0n) is 14.6. The number of pyridine rings is 1. The molecule has 0 saturated carbocycles. The second-order valence-corrected chi connectivity index (χ2v) is 6.50. The Bertz CT molecular complexity index is 1150. The number of nitrogens with zero attached hydrogens (tertiary/aromatic N) is 5. The van der Waals surface area contributed by atoms with E-state index < -0.39 is 6.04 Å². The van der Waals surface area contributed by atoms with Gasteiger partial charge in [0.25, 0.3) is 0 Å². The summed E-state index contributed by atoms with van der Waals surface area (Å²) in [6.07, 6.45) is 4.16. The fourth-order valence-corrected chi connectivity index (χ4v) is 3.55. The summed E-state index contributed by atoms with van der Waals surface area (Å²) in [5.41, 5.74) is 2.57. The van der Waals surface area contributed by atoms with Crippen LogP contribution in [0.15, 0.2) is 47.3 Å². The van der Waals surface area contributed by atoms with E-state index in [4.69, 9.17) is 4.42 Å². The molecule has 1 aliphatic rings. The maximum atomic E-state index is 13.1. The molecular formula is C19H16N6O2. The van der Waals surface area contributed by atoms with Gasteiger partial charge in [-0.2, -0.15) is 0 Å². The Kier molecular flexibility index (Phi) is 3.49. The van der Waals surface area contributed by atoms with E-state index in [-0.39, 0.29) is 11.8 Å². The van der Waals surface area contributed by atoms with Gasteiger partial charge in [-0.1, -0.05) is 24.3 Å². The van der Waals surface area contributed by atoms with Gasteiger partial charge in [-0.25, -0.2) is 4.98 Å². The summed E-state index contributed by atoms with van der Waals surface area (Å²) in [5, 5.41) is 9.77. The number of fused-ring (bicyclic) bond motifs is 2. The van der Waals surface area contributed by atoms with Crippen molar-refractivity contribution < 1.29 is 9.21 Å². The fourth-order valence-electron chi connectivity index (χ4n) is 3.55. The van der Waals surface area contributed by atoms with Crippen molar-refractivity contribution >= 4 is 16.7 Å². The second kappa shape index (κ2) is 6.01. The molecule has 4 heterocycles. The van der Waals surface area contributed by atoms with E-state index in [9.17, 15) is 4.79 Å². The number of hydrogen-bond donors (Lipinski definition) is 1. The van der Waals surface area contributed by atoms with Crippen molar-refractivity contribution in [1.82, 2.24) is 30.0 Å². The summed E-state index contributed by atoms with van der Waals surface area (Å²) in [4.78, 5) is 27.0. The van der Waals surface area contributed by atoms with Crippen LogP contribution in [0.5, 0.6) is 0 Å². The van der Waals surface area contributed by atoms with Crippen molar-refractivity contribution in [2.24, 2.45) is 0 Å². The molecule has 0 bridgehead atoms. The summed E-state index contributed by atoms with van der Waals surface area (Å²) in [5.74, 6) is 0.0256. The van der Waals surface area contributed by atoms with Crippen molar-refractivity contribution in [3.63, 3.8) is 0 Å². The first-order chi connectivity index (χ1) is 13.2. The van der Waals surface area contributed by atoms with Crippen LogP contribution in [0.4, 0.5) is 0 Å². The fraction of sp³-hybridized carbons (Fsp3) is 0.211. The molecule has 1 aliphatic heterocycles. The number of benzene rings is 1. The van der Waals surface area contributed by atoms with Gasteiger partial charge in [-0.15, -0.1) is 10.2 Å². The van der Waals surface area contributed by atoms with Crippen molar-refractivity contribution in [3.8, 4) is 0 Å². The first kappa shape index (κ1) is 15.7. The highest BCUT2D eigenvalue weighted by Gasteiger charge is 2.37. The number of aryl methyl sites for hydroxylation is 1. The van der Waals surface area contributed by atoms with Crippen molar-refractivity contribution in [3.05, 3.63) is 71.7 Å². The van der Waals surface area contributed by atoms with Crippen LogP contribution < -0.4 is 0 Å².